The molecule has 2 bridgehead atoms. The highest BCUT2D eigenvalue weighted by atomic mass is 16.2. The van der Waals surface area contributed by atoms with Crippen LogP contribution in [0.5, 0.6) is 0 Å². The van der Waals surface area contributed by atoms with Gasteiger partial charge >= 0.3 is 0 Å². The molecule has 3 atom stereocenters. The molecule has 0 aliphatic carbocycles. The van der Waals surface area contributed by atoms with E-state index in [0.717, 1.165) is 49.9 Å². The normalized spacial score (nSPS) is 30.3. The fourth-order valence-electron chi connectivity index (χ4n) is 6.65. The maximum absolute atomic E-state index is 14.2. The molecule has 3 amide bonds. The quantitative estimate of drug-likeness (QED) is 0.748. The fourth-order valence-corrected chi connectivity index (χ4v) is 6.65. The van der Waals surface area contributed by atoms with Crippen molar-refractivity contribution in [3.8, 4) is 0 Å². The standard InChI is InChI=1S/C26H36N4O3/c1-18(2)16-23(31)28-12-6-11-27-24(32)21-17-19-8-5-15-30(19)26(21)20-9-3-4-10-22(20)29(25(26)33)14-7-13-28/h3-4,9-10,18-19,21H,5-8,11-17H2,1-2H3,(H,27,32)/t19-,21+,26+/m0/s1. The van der Waals surface area contributed by atoms with Gasteiger partial charge in [-0.1, -0.05) is 32.0 Å². The number of benzene rings is 1. The zero-order chi connectivity index (χ0) is 23.2. The molecule has 5 rings (SSSR count). The number of hydrogen-bond acceptors (Lipinski definition) is 4. The summed E-state index contributed by atoms with van der Waals surface area (Å²) < 4.78 is 0. The van der Waals surface area contributed by atoms with E-state index in [-0.39, 0.29) is 29.7 Å². The van der Waals surface area contributed by atoms with Gasteiger partial charge < -0.3 is 15.1 Å². The Morgan fingerprint density at radius 2 is 1.88 bits per heavy atom. The van der Waals surface area contributed by atoms with Crippen LogP contribution >= 0.6 is 0 Å². The topological polar surface area (TPSA) is 73.0 Å². The van der Waals surface area contributed by atoms with Gasteiger partial charge in [-0.05, 0) is 50.6 Å². The van der Waals surface area contributed by atoms with Crippen molar-refractivity contribution in [2.24, 2.45) is 11.8 Å². The number of carbonyl (C=O) groups is 3. The molecule has 4 heterocycles. The summed E-state index contributed by atoms with van der Waals surface area (Å²) in [5, 5.41) is 3.14. The molecule has 1 spiro atoms. The molecule has 0 unspecified atom stereocenters. The number of rotatable bonds is 2. The maximum atomic E-state index is 14.2. The van der Waals surface area contributed by atoms with Gasteiger partial charge in [-0.3, -0.25) is 19.3 Å². The predicted molar refractivity (Wildman–Crippen MR) is 127 cm³/mol. The van der Waals surface area contributed by atoms with Gasteiger partial charge in [0.1, 0.15) is 5.54 Å². The van der Waals surface area contributed by atoms with Crippen molar-refractivity contribution in [1.82, 2.24) is 15.1 Å². The van der Waals surface area contributed by atoms with E-state index >= 15 is 0 Å². The molecule has 0 radical (unpaired) electrons. The number of nitrogens with zero attached hydrogens (tertiary/aromatic N) is 3. The van der Waals surface area contributed by atoms with Crippen molar-refractivity contribution in [3.63, 3.8) is 0 Å². The molecule has 7 nitrogen and oxygen atoms in total. The third kappa shape index (κ3) is 3.56. The molecular weight excluding hydrogens is 416 g/mol. The molecule has 33 heavy (non-hydrogen) atoms. The lowest BCUT2D eigenvalue weighted by molar-refractivity contribution is -0.138. The summed E-state index contributed by atoms with van der Waals surface area (Å²) in [5.74, 6) is 0.121. The first-order chi connectivity index (χ1) is 15.9. The number of anilines is 1. The van der Waals surface area contributed by atoms with Crippen LogP contribution in [0.15, 0.2) is 24.3 Å². The Labute approximate surface area is 196 Å². The van der Waals surface area contributed by atoms with Gasteiger partial charge in [-0.2, -0.15) is 0 Å². The van der Waals surface area contributed by atoms with Crippen LogP contribution in [0.2, 0.25) is 0 Å². The lowest BCUT2D eigenvalue weighted by Crippen LogP contribution is -2.56. The van der Waals surface area contributed by atoms with Gasteiger partial charge in [0.2, 0.25) is 11.8 Å². The Hall–Kier alpha value is -2.41. The molecule has 0 saturated carbocycles. The highest BCUT2D eigenvalue weighted by molar-refractivity contribution is 6.10. The number of carbonyl (C=O) groups excluding carboxylic acids is 3. The number of amides is 3. The number of nitrogens with one attached hydrogen (secondary N) is 1. The summed E-state index contributed by atoms with van der Waals surface area (Å²) in [4.78, 5) is 46.8. The molecule has 178 valence electrons. The van der Waals surface area contributed by atoms with Crippen LogP contribution in [0.4, 0.5) is 5.69 Å². The second-order valence-electron chi connectivity index (χ2n) is 10.5. The van der Waals surface area contributed by atoms with E-state index in [2.05, 4.69) is 30.1 Å². The Morgan fingerprint density at radius 1 is 1.09 bits per heavy atom. The third-order valence-electron chi connectivity index (χ3n) is 7.98. The van der Waals surface area contributed by atoms with Gasteiger partial charge in [-0.25, -0.2) is 0 Å². The van der Waals surface area contributed by atoms with Gasteiger partial charge in [0.05, 0.1) is 5.92 Å². The van der Waals surface area contributed by atoms with E-state index in [1.807, 2.05) is 28.0 Å². The second-order valence-corrected chi connectivity index (χ2v) is 10.5. The molecule has 4 aliphatic rings. The maximum Gasteiger partial charge on any atom is 0.253 e. The van der Waals surface area contributed by atoms with Crippen LogP contribution in [0, 0.1) is 11.8 Å². The SMILES string of the molecule is CC(C)CC(=O)N1CCCNC(=O)[C@H]2C[C@@H]3CCCN3[C@@]23C(=O)N(CCC1)c1ccccc13. The smallest absolute Gasteiger partial charge is 0.253 e. The molecule has 4 aliphatic heterocycles. The monoisotopic (exact) mass is 452 g/mol. The van der Waals surface area contributed by atoms with Crippen LogP contribution < -0.4 is 10.2 Å². The van der Waals surface area contributed by atoms with E-state index in [9.17, 15) is 14.4 Å². The molecule has 1 aromatic carbocycles. The van der Waals surface area contributed by atoms with Gasteiger partial charge in [0.25, 0.3) is 5.91 Å². The van der Waals surface area contributed by atoms with Gasteiger partial charge in [0.15, 0.2) is 0 Å². The van der Waals surface area contributed by atoms with Gasteiger partial charge in [0, 0.05) is 49.9 Å². The Bertz CT molecular complexity index is 947. The summed E-state index contributed by atoms with van der Waals surface area (Å²) in [6, 6.07) is 8.33. The summed E-state index contributed by atoms with van der Waals surface area (Å²) >= 11 is 0. The third-order valence-corrected chi connectivity index (χ3v) is 7.98. The van der Waals surface area contributed by atoms with Crippen LogP contribution in [-0.2, 0) is 19.9 Å². The molecule has 1 N–H and O–H groups in total. The highest BCUT2D eigenvalue weighted by Gasteiger charge is 2.66. The van der Waals surface area contributed by atoms with Crippen molar-refractivity contribution in [2.75, 3.05) is 37.6 Å². The van der Waals surface area contributed by atoms with Crippen LogP contribution in [0.1, 0.15) is 57.9 Å². The minimum atomic E-state index is -0.886. The van der Waals surface area contributed by atoms with Crippen molar-refractivity contribution >= 4 is 23.4 Å². The number of fused-ring (bicyclic) bond motifs is 4. The lowest BCUT2D eigenvalue weighted by Gasteiger charge is -2.37. The zero-order valence-corrected chi connectivity index (χ0v) is 19.9. The fraction of sp³-hybridized carbons (Fsp3) is 0.654. The van der Waals surface area contributed by atoms with E-state index in [4.69, 9.17) is 0 Å². The summed E-state index contributed by atoms with van der Waals surface area (Å²) in [5.41, 5.74) is 1.04. The Kier molecular flexibility index (Phi) is 5.93. The largest absolute Gasteiger partial charge is 0.356 e. The molecule has 3 saturated heterocycles. The number of hydrogen-bond donors (Lipinski definition) is 1. The van der Waals surface area contributed by atoms with Crippen molar-refractivity contribution < 1.29 is 14.4 Å². The van der Waals surface area contributed by atoms with Crippen molar-refractivity contribution in [1.29, 1.82) is 0 Å². The molecule has 7 heteroatoms. The van der Waals surface area contributed by atoms with E-state index in [1.54, 1.807) is 0 Å². The van der Waals surface area contributed by atoms with Crippen molar-refractivity contribution in [3.05, 3.63) is 29.8 Å². The first-order valence-corrected chi connectivity index (χ1v) is 12.7. The minimum absolute atomic E-state index is 0.0197. The average molecular weight is 453 g/mol. The summed E-state index contributed by atoms with van der Waals surface area (Å²) in [6.45, 7) is 7.34. The number of para-hydroxylation sites is 1. The predicted octanol–water partition coefficient (Wildman–Crippen LogP) is 2.50. The van der Waals surface area contributed by atoms with E-state index in [1.165, 1.54) is 0 Å². The first kappa shape index (κ1) is 22.4. The average Bonchev–Trinajstić information content (AvgIpc) is 3.43. The second kappa shape index (κ2) is 8.75. The van der Waals surface area contributed by atoms with Gasteiger partial charge in [-0.15, -0.1) is 0 Å². The zero-order valence-electron chi connectivity index (χ0n) is 19.9. The lowest BCUT2D eigenvalue weighted by atomic mass is 9.78. The molecule has 3 fully saturated rings. The first-order valence-electron chi connectivity index (χ1n) is 12.7. The Balaban J connectivity index is 1.51. The van der Waals surface area contributed by atoms with Crippen molar-refractivity contribution in [2.45, 2.75) is 64.0 Å². The van der Waals surface area contributed by atoms with Crippen LogP contribution in [0.25, 0.3) is 0 Å². The summed E-state index contributed by atoms with van der Waals surface area (Å²) in [7, 11) is 0. The molecule has 0 aromatic heterocycles. The van der Waals surface area contributed by atoms with E-state index < -0.39 is 5.54 Å². The molecule has 1 aromatic rings. The molecular formula is C26H36N4O3. The van der Waals surface area contributed by atoms with Crippen LogP contribution in [-0.4, -0.2) is 66.3 Å². The van der Waals surface area contributed by atoms with E-state index in [0.29, 0.717) is 38.5 Å². The minimum Gasteiger partial charge on any atom is -0.356 e. The highest BCUT2D eigenvalue weighted by Crippen LogP contribution is 2.57. The van der Waals surface area contributed by atoms with Crippen LogP contribution in [0.3, 0.4) is 0 Å². The summed E-state index contributed by atoms with van der Waals surface area (Å²) in [6.07, 6.45) is 4.85. The Morgan fingerprint density at radius 3 is 2.70 bits per heavy atom.